The zero-order valence-electron chi connectivity index (χ0n) is 14.8. The van der Waals surface area contributed by atoms with Gasteiger partial charge in [-0.15, -0.1) is 10.2 Å². The lowest BCUT2D eigenvalue weighted by molar-refractivity contribution is -0.119. The van der Waals surface area contributed by atoms with Crippen molar-refractivity contribution in [3.63, 3.8) is 0 Å². The SMILES string of the molecule is CNC(=O)c1cccc(NC(=O)COC(=O)c2ccc(-c3nnco3)cc2)c1. The van der Waals surface area contributed by atoms with Crippen LogP contribution in [0.15, 0.2) is 59.3 Å². The standard InChI is InChI=1S/C19H16N4O5/c1-20-17(25)14-3-2-4-15(9-14)22-16(24)10-27-19(26)13-7-5-12(6-8-13)18-23-21-11-28-18/h2-9,11H,10H2,1H3,(H,20,25)(H,22,24). The van der Waals surface area contributed by atoms with Gasteiger partial charge in [-0.3, -0.25) is 9.59 Å². The van der Waals surface area contributed by atoms with Gasteiger partial charge < -0.3 is 19.8 Å². The molecule has 0 atom stereocenters. The van der Waals surface area contributed by atoms with E-state index >= 15 is 0 Å². The number of aromatic nitrogens is 2. The van der Waals surface area contributed by atoms with Crippen molar-refractivity contribution in [2.45, 2.75) is 0 Å². The molecule has 0 bridgehead atoms. The highest BCUT2D eigenvalue weighted by molar-refractivity contribution is 5.98. The number of hydrogen-bond acceptors (Lipinski definition) is 7. The fraction of sp³-hybridized carbons (Fsp3) is 0.105. The molecule has 0 saturated heterocycles. The van der Waals surface area contributed by atoms with Gasteiger partial charge >= 0.3 is 5.97 Å². The van der Waals surface area contributed by atoms with Gasteiger partial charge in [0.15, 0.2) is 6.61 Å². The van der Waals surface area contributed by atoms with E-state index in [9.17, 15) is 14.4 Å². The molecule has 1 aromatic heterocycles. The summed E-state index contributed by atoms with van der Waals surface area (Å²) in [5, 5.41) is 12.4. The number of benzene rings is 2. The molecule has 9 nitrogen and oxygen atoms in total. The van der Waals surface area contributed by atoms with E-state index in [0.717, 1.165) is 0 Å². The van der Waals surface area contributed by atoms with Gasteiger partial charge in [-0.25, -0.2) is 4.79 Å². The predicted molar refractivity (Wildman–Crippen MR) is 98.5 cm³/mol. The first-order valence-electron chi connectivity index (χ1n) is 8.22. The number of carbonyl (C=O) groups is 3. The minimum Gasteiger partial charge on any atom is -0.452 e. The maximum Gasteiger partial charge on any atom is 0.338 e. The molecule has 2 N–H and O–H groups in total. The Morgan fingerprint density at radius 1 is 1.07 bits per heavy atom. The van der Waals surface area contributed by atoms with E-state index in [-0.39, 0.29) is 11.5 Å². The molecule has 2 aromatic carbocycles. The molecule has 0 saturated carbocycles. The molecule has 28 heavy (non-hydrogen) atoms. The summed E-state index contributed by atoms with van der Waals surface area (Å²) in [7, 11) is 1.52. The number of rotatable bonds is 6. The summed E-state index contributed by atoms with van der Waals surface area (Å²) in [6.07, 6.45) is 1.21. The zero-order chi connectivity index (χ0) is 19.9. The van der Waals surface area contributed by atoms with Crippen LogP contribution in [0.3, 0.4) is 0 Å². The van der Waals surface area contributed by atoms with Crippen LogP contribution >= 0.6 is 0 Å². The van der Waals surface area contributed by atoms with Crippen LogP contribution in [-0.2, 0) is 9.53 Å². The molecule has 0 spiro atoms. The van der Waals surface area contributed by atoms with Crippen molar-refractivity contribution >= 4 is 23.5 Å². The van der Waals surface area contributed by atoms with Crippen LogP contribution in [0, 0.1) is 0 Å². The number of anilines is 1. The fourth-order valence-electron chi connectivity index (χ4n) is 2.34. The average molecular weight is 380 g/mol. The van der Waals surface area contributed by atoms with Crippen molar-refractivity contribution in [1.82, 2.24) is 15.5 Å². The summed E-state index contributed by atoms with van der Waals surface area (Å²) >= 11 is 0. The average Bonchev–Trinajstić information content (AvgIpc) is 3.26. The van der Waals surface area contributed by atoms with Crippen LogP contribution in [0.2, 0.25) is 0 Å². The fourth-order valence-corrected chi connectivity index (χ4v) is 2.34. The molecule has 3 aromatic rings. The van der Waals surface area contributed by atoms with Crippen LogP contribution in [0.25, 0.3) is 11.5 Å². The third-order valence-electron chi connectivity index (χ3n) is 3.70. The molecule has 0 unspecified atom stereocenters. The lowest BCUT2D eigenvalue weighted by Crippen LogP contribution is -2.22. The summed E-state index contributed by atoms with van der Waals surface area (Å²) in [5.74, 6) is -1.11. The Kier molecular flexibility index (Phi) is 5.75. The second-order valence-corrected chi connectivity index (χ2v) is 5.61. The van der Waals surface area contributed by atoms with E-state index < -0.39 is 18.5 Å². The van der Waals surface area contributed by atoms with Gasteiger partial charge in [-0.2, -0.15) is 0 Å². The second-order valence-electron chi connectivity index (χ2n) is 5.61. The van der Waals surface area contributed by atoms with Crippen molar-refractivity contribution in [2.75, 3.05) is 19.0 Å². The molecule has 0 fully saturated rings. The van der Waals surface area contributed by atoms with Crippen molar-refractivity contribution in [3.8, 4) is 11.5 Å². The zero-order valence-corrected chi connectivity index (χ0v) is 14.8. The highest BCUT2D eigenvalue weighted by Gasteiger charge is 2.12. The molecule has 9 heteroatoms. The molecule has 0 aliphatic heterocycles. The Labute approximate surface area is 159 Å². The molecule has 2 amide bonds. The van der Waals surface area contributed by atoms with Crippen LogP contribution in [0.1, 0.15) is 20.7 Å². The first-order chi connectivity index (χ1) is 13.6. The van der Waals surface area contributed by atoms with E-state index in [2.05, 4.69) is 20.8 Å². The highest BCUT2D eigenvalue weighted by atomic mass is 16.5. The Bertz CT molecular complexity index is 984. The third-order valence-corrected chi connectivity index (χ3v) is 3.70. The quantitative estimate of drug-likeness (QED) is 0.626. The van der Waals surface area contributed by atoms with Gasteiger partial charge in [0, 0.05) is 23.9 Å². The molecular formula is C19H16N4O5. The van der Waals surface area contributed by atoms with Crippen molar-refractivity contribution < 1.29 is 23.5 Å². The maximum atomic E-state index is 12.1. The van der Waals surface area contributed by atoms with Gasteiger partial charge in [-0.1, -0.05) is 6.07 Å². The lowest BCUT2D eigenvalue weighted by Gasteiger charge is -2.08. The van der Waals surface area contributed by atoms with Crippen LogP contribution in [0.5, 0.6) is 0 Å². The molecule has 0 aliphatic rings. The maximum absolute atomic E-state index is 12.1. The van der Waals surface area contributed by atoms with E-state index in [1.54, 1.807) is 30.3 Å². The van der Waals surface area contributed by atoms with Gasteiger partial charge in [0.1, 0.15) is 0 Å². The number of nitrogens with zero attached hydrogens (tertiary/aromatic N) is 2. The predicted octanol–water partition coefficient (Wildman–Crippen LogP) is 1.89. The van der Waals surface area contributed by atoms with Crippen molar-refractivity contribution in [1.29, 1.82) is 0 Å². The van der Waals surface area contributed by atoms with Gasteiger partial charge in [0.05, 0.1) is 5.56 Å². The van der Waals surface area contributed by atoms with E-state index in [4.69, 9.17) is 9.15 Å². The summed E-state index contributed by atoms with van der Waals surface area (Å²) in [4.78, 5) is 35.7. The Morgan fingerprint density at radius 3 is 2.54 bits per heavy atom. The topological polar surface area (TPSA) is 123 Å². The molecule has 142 valence electrons. The van der Waals surface area contributed by atoms with Crippen molar-refractivity contribution in [2.24, 2.45) is 0 Å². The molecule has 0 aliphatic carbocycles. The first-order valence-corrected chi connectivity index (χ1v) is 8.22. The number of ether oxygens (including phenoxy) is 1. The lowest BCUT2D eigenvalue weighted by atomic mass is 10.1. The number of carbonyl (C=O) groups excluding carboxylic acids is 3. The minimum atomic E-state index is -0.647. The van der Waals surface area contributed by atoms with Gasteiger partial charge in [0.2, 0.25) is 12.3 Å². The summed E-state index contributed by atoms with van der Waals surface area (Å²) in [6, 6.07) is 12.7. The summed E-state index contributed by atoms with van der Waals surface area (Å²) in [5.41, 5.74) is 1.75. The Balaban J connectivity index is 1.54. The summed E-state index contributed by atoms with van der Waals surface area (Å²) < 4.78 is 10.1. The molecule has 3 rings (SSSR count). The molecule has 1 heterocycles. The number of esters is 1. The largest absolute Gasteiger partial charge is 0.452 e. The highest BCUT2D eigenvalue weighted by Crippen LogP contribution is 2.17. The van der Waals surface area contributed by atoms with E-state index in [1.165, 1.54) is 31.6 Å². The smallest absolute Gasteiger partial charge is 0.338 e. The monoisotopic (exact) mass is 380 g/mol. The number of nitrogens with one attached hydrogen (secondary N) is 2. The second kappa shape index (κ2) is 8.58. The van der Waals surface area contributed by atoms with E-state index in [1.807, 2.05) is 0 Å². The van der Waals surface area contributed by atoms with Gasteiger partial charge in [-0.05, 0) is 42.5 Å². The van der Waals surface area contributed by atoms with Crippen LogP contribution in [-0.4, -0.2) is 41.6 Å². The first kappa shape index (κ1) is 18.8. The Morgan fingerprint density at radius 2 is 1.86 bits per heavy atom. The normalized spacial score (nSPS) is 10.2. The summed E-state index contributed by atoms with van der Waals surface area (Å²) in [6.45, 7) is -0.464. The Hall–Kier alpha value is -4.01. The third kappa shape index (κ3) is 4.58. The van der Waals surface area contributed by atoms with Gasteiger partial charge in [0.25, 0.3) is 11.8 Å². The van der Waals surface area contributed by atoms with Crippen molar-refractivity contribution in [3.05, 3.63) is 66.1 Å². The molecular weight excluding hydrogens is 364 g/mol. The van der Waals surface area contributed by atoms with Crippen LogP contribution < -0.4 is 10.6 Å². The van der Waals surface area contributed by atoms with E-state index in [0.29, 0.717) is 22.7 Å². The molecule has 0 radical (unpaired) electrons. The minimum absolute atomic E-state index is 0.272. The van der Waals surface area contributed by atoms with Crippen LogP contribution in [0.4, 0.5) is 5.69 Å². The number of hydrogen-bond donors (Lipinski definition) is 2. The number of amides is 2.